The maximum Gasteiger partial charge on any atom is 0.210 e. The van der Waals surface area contributed by atoms with E-state index in [0.29, 0.717) is 17.9 Å². The summed E-state index contributed by atoms with van der Waals surface area (Å²) >= 11 is 0. The molecule has 2 nitrogen and oxygen atoms in total. The summed E-state index contributed by atoms with van der Waals surface area (Å²) in [5.74, 6) is 3.55. The molecule has 0 aromatic heterocycles. The molecule has 66 valence electrons. The van der Waals surface area contributed by atoms with Crippen molar-refractivity contribution in [2.24, 2.45) is 23.7 Å². The van der Waals surface area contributed by atoms with E-state index in [9.17, 15) is 4.57 Å². The fraction of sp³-hybridized carbons (Fsp3) is 1.00. The second-order valence-electron chi connectivity index (χ2n) is 4.76. The average molecular weight is 184 g/mol. The maximum atomic E-state index is 12.2. The van der Waals surface area contributed by atoms with Crippen molar-refractivity contribution < 1.29 is 9.09 Å². The first-order valence-electron chi connectivity index (χ1n) is 5.03. The Morgan fingerprint density at radius 2 is 2.00 bits per heavy atom. The van der Waals surface area contributed by atoms with E-state index >= 15 is 0 Å². The first kappa shape index (κ1) is 6.62. The van der Waals surface area contributed by atoms with Crippen LogP contribution in [0.4, 0.5) is 0 Å². The van der Waals surface area contributed by atoms with Gasteiger partial charge in [-0.1, -0.05) is 0 Å². The summed E-state index contributed by atoms with van der Waals surface area (Å²) in [4.78, 5) is 0. The van der Waals surface area contributed by atoms with E-state index in [1.807, 2.05) is 6.92 Å². The zero-order chi connectivity index (χ0) is 8.09. The lowest BCUT2D eigenvalue weighted by Crippen LogP contribution is -2.36. The molecule has 1 heterocycles. The first-order chi connectivity index (χ1) is 5.79. The molecule has 5 fully saturated rings. The Morgan fingerprint density at radius 3 is 2.42 bits per heavy atom. The predicted molar refractivity (Wildman–Crippen MR) is 45.4 cm³/mol. The van der Waals surface area contributed by atoms with Gasteiger partial charge in [0.1, 0.15) is 0 Å². The highest BCUT2D eigenvalue weighted by Gasteiger charge is 2.88. The van der Waals surface area contributed by atoms with Crippen molar-refractivity contribution >= 4 is 7.37 Å². The fourth-order valence-electron chi connectivity index (χ4n) is 4.56. The Bertz CT molecular complexity index is 288. The van der Waals surface area contributed by atoms with Crippen LogP contribution in [0.2, 0.25) is 0 Å². The highest BCUT2D eigenvalue weighted by Crippen LogP contribution is 2.95. The van der Waals surface area contributed by atoms with Gasteiger partial charge in [0.15, 0.2) is 0 Å². The summed E-state index contributed by atoms with van der Waals surface area (Å²) < 4.78 is 17.8. The van der Waals surface area contributed by atoms with Gasteiger partial charge < -0.3 is 4.52 Å². The van der Waals surface area contributed by atoms with Crippen molar-refractivity contribution in [1.82, 2.24) is 0 Å². The van der Waals surface area contributed by atoms with E-state index in [1.54, 1.807) is 0 Å². The van der Waals surface area contributed by atoms with Crippen molar-refractivity contribution in [3.63, 3.8) is 0 Å². The van der Waals surface area contributed by atoms with Gasteiger partial charge in [-0.05, 0) is 37.0 Å². The topological polar surface area (TPSA) is 26.3 Å². The van der Waals surface area contributed by atoms with Gasteiger partial charge in [0.25, 0.3) is 0 Å². The third kappa shape index (κ3) is 0.403. The summed E-state index contributed by atoms with van der Waals surface area (Å²) in [6.07, 6.45) is 1.39. The molecule has 7 atom stereocenters. The van der Waals surface area contributed by atoms with Gasteiger partial charge in [0.2, 0.25) is 7.37 Å². The van der Waals surface area contributed by atoms with Crippen molar-refractivity contribution in [3.05, 3.63) is 0 Å². The SMILES string of the molecule is CCOP1(=O)[C@@H]2C3CC4[C@@H]2[C@@H]4[C@H]31. The van der Waals surface area contributed by atoms with Gasteiger partial charge in [0.05, 0.1) is 6.61 Å². The molecule has 0 N–H and O–H groups in total. The maximum absolute atomic E-state index is 12.2. The zero-order valence-electron chi connectivity index (χ0n) is 7.14. The van der Waals surface area contributed by atoms with Crippen LogP contribution >= 0.6 is 7.37 Å². The largest absolute Gasteiger partial charge is 0.328 e. The van der Waals surface area contributed by atoms with E-state index in [4.69, 9.17) is 4.52 Å². The summed E-state index contributed by atoms with van der Waals surface area (Å²) in [6, 6.07) is 0. The second-order valence-corrected chi connectivity index (χ2v) is 7.50. The standard InChI is InChI=1S/C9H13O2P/c1-2-11-12(10)8-5-3-4-6(8)7(4)9(5)12/h4-9H,2-3H2,1H3/t4?,5?,6-,7-,8-,9+,12?/m1/s1. The molecule has 5 rings (SSSR count). The molecule has 5 aliphatic rings. The molecular formula is C9H13O2P. The molecule has 6 bridgehead atoms. The Balaban J connectivity index is 1.77. The van der Waals surface area contributed by atoms with Gasteiger partial charge in [-0.15, -0.1) is 0 Å². The van der Waals surface area contributed by atoms with Crippen molar-refractivity contribution in [3.8, 4) is 0 Å². The molecule has 0 spiro atoms. The lowest BCUT2D eigenvalue weighted by Gasteiger charge is -2.41. The summed E-state index contributed by atoms with van der Waals surface area (Å²) in [6.45, 7) is 2.62. The van der Waals surface area contributed by atoms with E-state index in [1.165, 1.54) is 6.42 Å². The Hall–Kier alpha value is 0.190. The molecule has 0 amide bonds. The predicted octanol–water partition coefficient (Wildman–Crippen LogP) is 1.95. The molecule has 3 heteroatoms. The number of hydrogen-bond acceptors (Lipinski definition) is 2. The van der Waals surface area contributed by atoms with Crippen LogP contribution in [0.15, 0.2) is 0 Å². The number of hydrogen-bond donors (Lipinski definition) is 0. The van der Waals surface area contributed by atoms with Crippen LogP contribution in [-0.2, 0) is 9.09 Å². The quantitative estimate of drug-likeness (QED) is 0.613. The molecule has 12 heavy (non-hydrogen) atoms. The fourth-order valence-corrected chi connectivity index (χ4v) is 8.88. The van der Waals surface area contributed by atoms with Crippen molar-refractivity contribution in [2.45, 2.75) is 24.7 Å². The normalized spacial score (nSPS) is 74.4. The minimum absolute atomic E-state index is 0.539. The van der Waals surface area contributed by atoms with Crippen LogP contribution in [0, 0.1) is 23.7 Å². The van der Waals surface area contributed by atoms with Crippen molar-refractivity contribution in [2.75, 3.05) is 6.61 Å². The zero-order valence-corrected chi connectivity index (χ0v) is 8.04. The molecule has 3 unspecified atom stereocenters. The van der Waals surface area contributed by atoms with Crippen LogP contribution in [-0.4, -0.2) is 17.9 Å². The van der Waals surface area contributed by atoms with Crippen LogP contribution < -0.4 is 0 Å². The smallest absolute Gasteiger partial charge is 0.210 e. The number of rotatable bonds is 2. The molecular weight excluding hydrogens is 171 g/mol. The van der Waals surface area contributed by atoms with Crippen LogP contribution in [0.25, 0.3) is 0 Å². The molecule has 4 aliphatic carbocycles. The highest BCUT2D eigenvalue weighted by molar-refractivity contribution is 7.63. The minimum Gasteiger partial charge on any atom is -0.328 e. The van der Waals surface area contributed by atoms with E-state index in [0.717, 1.165) is 23.7 Å². The first-order valence-corrected chi connectivity index (χ1v) is 6.79. The Morgan fingerprint density at radius 1 is 1.33 bits per heavy atom. The van der Waals surface area contributed by atoms with Gasteiger partial charge in [0, 0.05) is 11.3 Å². The van der Waals surface area contributed by atoms with Crippen LogP contribution in [0.5, 0.6) is 0 Å². The lowest BCUT2D eigenvalue weighted by atomic mass is 10.1. The highest BCUT2D eigenvalue weighted by atomic mass is 31.2. The summed E-state index contributed by atoms with van der Waals surface area (Å²) in [5, 5.41) is 0. The van der Waals surface area contributed by atoms with E-state index in [2.05, 4.69) is 0 Å². The van der Waals surface area contributed by atoms with Crippen LogP contribution in [0.3, 0.4) is 0 Å². The van der Waals surface area contributed by atoms with E-state index < -0.39 is 7.37 Å². The molecule has 0 radical (unpaired) electrons. The van der Waals surface area contributed by atoms with E-state index in [-0.39, 0.29) is 0 Å². The minimum atomic E-state index is -2.08. The molecule has 1 aliphatic heterocycles. The third-order valence-electron chi connectivity index (χ3n) is 4.66. The van der Waals surface area contributed by atoms with Crippen molar-refractivity contribution in [1.29, 1.82) is 0 Å². The molecule has 1 saturated heterocycles. The summed E-state index contributed by atoms with van der Waals surface area (Å²) in [7, 11) is -2.08. The third-order valence-corrected chi connectivity index (χ3v) is 8.44. The van der Waals surface area contributed by atoms with Gasteiger partial charge >= 0.3 is 0 Å². The Labute approximate surface area is 72.1 Å². The van der Waals surface area contributed by atoms with Crippen LogP contribution in [0.1, 0.15) is 13.3 Å². The molecule has 0 aromatic carbocycles. The van der Waals surface area contributed by atoms with Gasteiger partial charge in [-0.2, -0.15) is 0 Å². The molecule has 4 saturated carbocycles. The van der Waals surface area contributed by atoms with Gasteiger partial charge in [-0.3, -0.25) is 4.57 Å². The molecule has 0 aromatic rings. The Kier molecular flexibility index (Phi) is 0.866. The lowest BCUT2D eigenvalue weighted by molar-refractivity contribution is 0.286. The monoisotopic (exact) mass is 184 g/mol. The van der Waals surface area contributed by atoms with Gasteiger partial charge in [-0.25, -0.2) is 0 Å². The second kappa shape index (κ2) is 1.57. The summed E-state index contributed by atoms with van der Waals surface area (Å²) in [5.41, 5.74) is 1.08. The average Bonchev–Trinajstić information content (AvgIpc) is 2.50.